The van der Waals surface area contributed by atoms with E-state index in [2.05, 4.69) is 9.80 Å². The van der Waals surface area contributed by atoms with E-state index < -0.39 is 0 Å². The number of esters is 1. The summed E-state index contributed by atoms with van der Waals surface area (Å²) < 4.78 is 5.82. The lowest BCUT2D eigenvalue weighted by atomic mass is 9.76. The topological polar surface area (TPSA) is 32.8 Å². The molecule has 2 bridgehead atoms. The first-order chi connectivity index (χ1) is 14.2. The van der Waals surface area contributed by atoms with Crippen molar-refractivity contribution in [2.45, 2.75) is 81.6 Å². The summed E-state index contributed by atoms with van der Waals surface area (Å²) in [7, 11) is 0. The smallest absolute Gasteiger partial charge is 0.331 e. The SMILES string of the molecule is O=C(/C=C/c1ccc(Cl)cc1)OC1CCN2[C@@H]3C[C@@H](C[C@@H]2C1)N1CCCC[C@@H]1C3. The Kier molecular flexibility index (Phi) is 5.68. The van der Waals surface area contributed by atoms with Crippen LogP contribution < -0.4 is 0 Å². The Morgan fingerprint density at radius 2 is 1.59 bits per heavy atom. The summed E-state index contributed by atoms with van der Waals surface area (Å²) in [6, 6.07) is 10.4. The predicted molar refractivity (Wildman–Crippen MR) is 116 cm³/mol. The fourth-order valence-corrected chi connectivity index (χ4v) is 6.35. The lowest BCUT2D eigenvalue weighted by Gasteiger charge is -2.58. The summed E-state index contributed by atoms with van der Waals surface area (Å²) >= 11 is 5.91. The Hall–Kier alpha value is -1.36. The maximum absolute atomic E-state index is 12.3. The number of piperidine rings is 4. The molecule has 1 unspecified atom stereocenters. The highest BCUT2D eigenvalue weighted by Crippen LogP contribution is 2.42. The lowest BCUT2D eigenvalue weighted by Crippen LogP contribution is -2.65. The number of benzene rings is 1. The molecule has 1 aromatic carbocycles. The van der Waals surface area contributed by atoms with Gasteiger partial charge in [0.25, 0.3) is 0 Å². The Labute approximate surface area is 178 Å². The summed E-state index contributed by atoms with van der Waals surface area (Å²) in [6.45, 7) is 2.37. The molecule has 0 aromatic heterocycles. The number of fused-ring (bicyclic) bond motifs is 6. The van der Waals surface area contributed by atoms with E-state index in [-0.39, 0.29) is 12.1 Å². The first-order valence-electron chi connectivity index (χ1n) is 11.3. The molecule has 0 aliphatic carbocycles. The van der Waals surface area contributed by atoms with Gasteiger partial charge in [-0.15, -0.1) is 0 Å². The van der Waals surface area contributed by atoms with E-state index in [1.54, 1.807) is 12.2 Å². The van der Waals surface area contributed by atoms with Crippen LogP contribution in [0.4, 0.5) is 0 Å². The van der Waals surface area contributed by atoms with E-state index >= 15 is 0 Å². The average Bonchev–Trinajstić information content (AvgIpc) is 2.73. The van der Waals surface area contributed by atoms with Crippen molar-refractivity contribution in [3.63, 3.8) is 0 Å². The van der Waals surface area contributed by atoms with Crippen LogP contribution in [-0.4, -0.2) is 59.1 Å². The number of halogens is 1. The van der Waals surface area contributed by atoms with Gasteiger partial charge in [0.1, 0.15) is 6.10 Å². The van der Waals surface area contributed by atoms with Gasteiger partial charge < -0.3 is 4.74 Å². The van der Waals surface area contributed by atoms with Gasteiger partial charge in [0.15, 0.2) is 0 Å². The molecule has 0 N–H and O–H groups in total. The van der Waals surface area contributed by atoms with E-state index in [4.69, 9.17) is 16.3 Å². The van der Waals surface area contributed by atoms with E-state index in [1.807, 2.05) is 24.3 Å². The van der Waals surface area contributed by atoms with Crippen molar-refractivity contribution in [1.29, 1.82) is 0 Å². The maximum Gasteiger partial charge on any atom is 0.331 e. The zero-order valence-electron chi connectivity index (χ0n) is 17.0. The summed E-state index contributed by atoms with van der Waals surface area (Å²) in [5.74, 6) is -0.231. The minimum atomic E-state index is -0.231. The molecule has 4 aliphatic rings. The van der Waals surface area contributed by atoms with Gasteiger partial charge in [-0.25, -0.2) is 4.79 Å². The van der Waals surface area contributed by atoms with Gasteiger partial charge >= 0.3 is 5.97 Å². The zero-order chi connectivity index (χ0) is 19.8. The van der Waals surface area contributed by atoms with Gasteiger partial charge in [-0.2, -0.15) is 0 Å². The Bertz CT molecular complexity index is 765. The summed E-state index contributed by atoms with van der Waals surface area (Å²) in [5, 5.41) is 0.699. The van der Waals surface area contributed by atoms with Crippen molar-refractivity contribution >= 4 is 23.6 Å². The number of nitrogens with zero attached hydrogens (tertiary/aromatic N) is 2. The van der Waals surface area contributed by atoms with Crippen LogP contribution >= 0.6 is 11.6 Å². The van der Waals surface area contributed by atoms with Crippen molar-refractivity contribution in [1.82, 2.24) is 9.80 Å². The Morgan fingerprint density at radius 1 is 0.897 bits per heavy atom. The van der Waals surface area contributed by atoms with Gasteiger partial charge in [-0.3, -0.25) is 9.80 Å². The fraction of sp³-hybridized carbons (Fsp3) is 0.625. The van der Waals surface area contributed by atoms with Crippen molar-refractivity contribution in [2.24, 2.45) is 0 Å². The quantitative estimate of drug-likeness (QED) is 0.537. The molecule has 4 fully saturated rings. The van der Waals surface area contributed by atoms with E-state index in [9.17, 15) is 4.79 Å². The molecule has 156 valence electrons. The van der Waals surface area contributed by atoms with Crippen LogP contribution in [0.3, 0.4) is 0 Å². The monoisotopic (exact) mass is 414 g/mol. The molecule has 5 heteroatoms. The Morgan fingerprint density at radius 3 is 2.38 bits per heavy atom. The third-order valence-corrected chi connectivity index (χ3v) is 7.77. The zero-order valence-corrected chi connectivity index (χ0v) is 17.8. The van der Waals surface area contributed by atoms with Crippen LogP contribution in [0, 0.1) is 0 Å². The second kappa shape index (κ2) is 8.41. The van der Waals surface area contributed by atoms with Gasteiger partial charge in [-0.05, 0) is 68.8 Å². The first-order valence-corrected chi connectivity index (χ1v) is 11.7. The van der Waals surface area contributed by atoms with Crippen molar-refractivity contribution < 1.29 is 9.53 Å². The molecule has 4 heterocycles. The summed E-state index contributed by atoms with van der Waals surface area (Å²) in [5.41, 5.74) is 0.956. The van der Waals surface area contributed by atoms with Crippen molar-refractivity contribution in [3.8, 4) is 0 Å². The van der Waals surface area contributed by atoms with E-state index in [1.165, 1.54) is 45.1 Å². The van der Waals surface area contributed by atoms with Gasteiger partial charge in [0, 0.05) is 48.2 Å². The molecule has 0 spiro atoms. The highest BCUT2D eigenvalue weighted by Gasteiger charge is 2.47. The van der Waals surface area contributed by atoms with Crippen LogP contribution in [-0.2, 0) is 9.53 Å². The molecule has 4 aliphatic heterocycles. The number of rotatable bonds is 3. The van der Waals surface area contributed by atoms with Gasteiger partial charge in [0.2, 0.25) is 0 Å². The summed E-state index contributed by atoms with van der Waals surface area (Å²) in [6.07, 6.45) is 13.5. The molecular formula is C24H31ClN2O2. The molecule has 5 rings (SSSR count). The molecule has 0 saturated carbocycles. The fourth-order valence-electron chi connectivity index (χ4n) is 6.23. The van der Waals surface area contributed by atoms with Crippen molar-refractivity contribution in [2.75, 3.05) is 13.1 Å². The second-order valence-electron chi connectivity index (χ2n) is 9.26. The maximum atomic E-state index is 12.3. The standard InChI is InChI=1S/C24H31ClN2O2/c25-18-7-4-17(5-8-18)6-9-24(28)29-23-10-12-27-20-13-19-3-1-2-11-26(19)21(14-20)15-22(27)16-23/h4-9,19-23H,1-3,10-16H2/b9-6+/t19-,20+,21+,22-,23?/m1/s1. The third kappa shape index (κ3) is 4.26. The molecule has 1 aromatic rings. The van der Waals surface area contributed by atoms with E-state index in [0.29, 0.717) is 11.1 Å². The Balaban J connectivity index is 1.18. The van der Waals surface area contributed by atoms with Crippen LogP contribution in [0.2, 0.25) is 5.02 Å². The number of ether oxygens (including phenoxy) is 1. The predicted octanol–water partition coefficient (Wildman–Crippen LogP) is 4.52. The minimum Gasteiger partial charge on any atom is -0.459 e. The van der Waals surface area contributed by atoms with Crippen molar-refractivity contribution in [3.05, 3.63) is 40.9 Å². The highest BCUT2D eigenvalue weighted by atomic mass is 35.5. The van der Waals surface area contributed by atoms with Crippen LogP contribution in [0.5, 0.6) is 0 Å². The molecule has 0 amide bonds. The number of carbonyl (C=O) groups excluding carboxylic acids is 1. The first kappa shape index (κ1) is 19.6. The molecular weight excluding hydrogens is 384 g/mol. The molecule has 29 heavy (non-hydrogen) atoms. The molecule has 5 atom stereocenters. The van der Waals surface area contributed by atoms with Crippen LogP contribution in [0.1, 0.15) is 56.9 Å². The highest BCUT2D eigenvalue weighted by molar-refractivity contribution is 6.30. The van der Waals surface area contributed by atoms with Gasteiger partial charge in [-0.1, -0.05) is 30.2 Å². The second-order valence-corrected chi connectivity index (χ2v) is 9.70. The average molecular weight is 415 g/mol. The van der Waals surface area contributed by atoms with E-state index in [0.717, 1.165) is 43.1 Å². The molecule has 4 nitrogen and oxygen atoms in total. The molecule has 0 radical (unpaired) electrons. The van der Waals surface area contributed by atoms with Gasteiger partial charge in [0.05, 0.1) is 0 Å². The van der Waals surface area contributed by atoms with Crippen LogP contribution in [0.15, 0.2) is 30.3 Å². The third-order valence-electron chi connectivity index (χ3n) is 7.52. The van der Waals surface area contributed by atoms with Crippen LogP contribution in [0.25, 0.3) is 6.08 Å². The lowest BCUT2D eigenvalue weighted by molar-refractivity contribution is -0.149. The normalized spacial score (nSPS) is 35.1. The number of carbonyl (C=O) groups is 1. The number of hydrogen-bond donors (Lipinski definition) is 0. The number of hydrogen-bond acceptors (Lipinski definition) is 4. The minimum absolute atomic E-state index is 0.0506. The largest absolute Gasteiger partial charge is 0.459 e. The summed E-state index contributed by atoms with van der Waals surface area (Å²) in [4.78, 5) is 17.9. The molecule has 4 saturated heterocycles.